The number of hydrogen-bond acceptors (Lipinski definition) is 9. The molecule has 1 atom stereocenters. The van der Waals surface area contributed by atoms with Crippen molar-refractivity contribution in [3.05, 3.63) is 28.3 Å². The molecule has 0 aliphatic heterocycles. The maximum Gasteiger partial charge on any atom is 0.271 e. The number of aromatic hydroxyl groups is 3. The van der Waals surface area contributed by atoms with Crippen molar-refractivity contribution in [2.45, 2.75) is 38.6 Å². The number of thiazole rings is 1. The second-order valence-corrected chi connectivity index (χ2v) is 9.28. The van der Waals surface area contributed by atoms with Crippen molar-refractivity contribution in [2.24, 2.45) is 0 Å². The number of phenolic OH excluding ortho intramolecular Hbond substituents is 3. The molecule has 162 valence electrons. The van der Waals surface area contributed by atoms with E-state index in [0.717, 1.165) is 30.4 Å². The van der Waals surface area contributed by atoms with Crippen molar-refractivity contribution in [1.82, 2.24) is 10.3 Å². The Hall–Kier alpha value is -3.04. The van der Waals surface area contributed by atoms with Crippen molar-refractivity contribution in [2.75, 3.05) is 11.0 Å². The van der Waals surface area contributed by atoms with Gasteiger partial charge < -0.3 is 20.6 Å². The van der Waals surface area contributed by atoms with Gasteiger partial charge in [0, 0.05) is 17.0 Å². The number of unbranched alkanes of at least 4 members (excludes halogenated alkanes) is 1. The molecule has 0 bridgehead atoms. The summed E-state index contributed by atoms with van der Waals surface area (Å²) < 4.78 is 24.8. The third-order valence-electron chi connectivity index (χ3n) is 4.16. The zero-order chi connectivity index (χ0) is 22.5. The molecule has 1 aromatic carbocycles. The first-order valence-corrected chi connectivity index (χ1v) is 11.7. The quantitative estimate of drug-likeness (QED) is 0.358. The fourth-order valence-corrected chi connectivity index (χ4v) is 4.27. The molecule has 0 radical (unpaired) electrons. The van der Waals surface area contributed by atoms with Crippen LogP contribution in [0.3, 0.4) is 0 Å². The van der Waals surface area contributed by atoms with Crippen LogP contribution in [0.1, 0.15) is 47.8 Å². The number of nitriles is 1. The smallest absolute Gasteiger partial charge is 0.271 e. The lowest BCUT2D eigenvalue weighted by Gasteiger charge is -2.19. The lowest BCUT2D eigenvalue weighted by atomic mass is 9.97. The summed E-state index contributed by atoms with van der Waals surface area (Å²) in [5, 5.41) is 43.0. The lowest BCUT2D eigenvalue weighted by molar-refractivity contribution is 0.0929. The number of carbonyl (C=O) groups excluding carboxylic acids is 1. The SMILES string of the molecule is CCCCC(Cc1cc(C#N)c(O)c(O)c1O)NC(=O)c1csc(NS(C)(=O)=O)n1. The Morgan fingerprint density at radius 3 is 2.60 bits per heavy atom. The molecule has 1 amide bonds. The molecule has 1 heterocycles. The molecule has 0 fully saturated rings. The fourth-order valence-electron chi connectivity index (χ4n) is 2.73. The Kier molecular flexibility index (Phi) is 7.47. The molecule has 2 rings (SSSR count). The van der Waals surface area contributed by atoms with Crippen molar-refractivity contribution >= 4 is 32.4 Å². The average molecular weight is 455 g/mol. The Balaban J connectivity index is 2.22. The van der Waals surface area contributed by atoms with Crippen LogP contribution in [0.15, 0.2) is 11.4 Å². The van der Waals surface area contributed by atoms with E-state index in [1.54, 1.807) is 6.07 Å². The van der Waals surface area contributed by atoms with Crippen molar-refractivity contribution in [3.63, 3.8) is 0 Å². The van der Waals surface area contributed by atoms with E-state index >= 15 is 0 Å². The van der Waals surface area contributed by atoms with E-state index in [4.69, 9.17) is 5.26 Å². The maximum atomic E-state index is 12.6. The topological polar surface area (TPSA) is 173 Å². The Morgan fingerprint density at radius 1 is 1.30 bits per heavy atom. The third kappa shape index (κ3) is 5.98. The van der Waals surface area contributed by atoms with Crippen LogP contribution in [-0.4, -0.2) is 46.9 Å². The number of nitrogens with zero attached hydrogens (tertiary/aromatic N) is 2. The monoisotopic (exact) mass is 454 g/mol. The van der Waals surface area contributed by atoms with Crippen LogP contribution in [-0.2, 0) is 16.4 Å². The average Bonchev–Trinajstić information content (AvgIpc) is 3.13. The minimum Gasteiger partial charge on any atom is -0.504 e. The number of aromatic nitrogens is 1. The van der Waals surface area contributed by atoms with Gasteiger partial charge in [0.15, 0.2) is 16.6 Å². The number of sulfonamides is 1. The predicted molar refractivity (Wildman–Crippen MR) is 111 cm³/mol. The third-order valence-corrected chi connectivity index (χ3v) is 5.62. The van der Waals surface area contributed by atoms with Gasteiger partial charge in [-0.2, -0.15) is 5.26 Å². The van der Waals surface area contributed by atoms with Gasteiger partial charge >= 0.3 is 0 Å². The summed E-state index contributed by atoms with van der Waals surface area (Å²) in [5.74, 6) is -2.59. The van der Waals surface area contributed by atoms with Gasteiger partial charge in [-0.1, -0.05) is 19.8 Å². The zero-order valence-electron chi connectivity index (χ0n) is 16.3. The second-order valence-electron chi connectivity index (χ2n) is 6.67. The van der Waals surface area contributed by atoms with Gasteiger partial charge in [0.2, 0.25) is 15.8 Å². The van der Waals surface area contributed by atoms with E-state index in [0.29, 0.717) is 6.42 Å². The van der Waals surface area contributed by atoms with E-state index in [9.17, 15) is 28.5 Å². The van der Waals surface area contributed by atoms with Gasteiger partial charge in [0.25, 0.3) is 5.91 Å². The number of benzene rings is 1. The predicted octanol–water partition coefficient (Wildman–Crippen LogP) is 2.03. The zero-order valence-corrected chi connectivity index (χ0v) is 18.0. The minimum absolute atomic E-state index is 0.0307. The molecule has 0 aliphatic rings. The molecule has 0 saturated carbocycles. The van der Waals surface area contributed by atoms with E-state index in [1.807, 2.05) is 6.92 Å². The van der Waals surface area contributed by atoms with E-state index < -0.39 is 39.2 Å². The molecule has 5 N–H and O–H groups in total. The molecule has 0 spiro atoms. The first-order valence-electron chi connectivity index (χ1n) is 8.96. The minimum atomic E-state index is -3.52. The standard InChI is InChI=1S/C18H22N4O6S2/c1-3-4-5-12(7-10-6-11(8-19)15(24)16(25)14(10)23)20-17(26)13-9-29-18(21-13)22-30(2,27)28/h6,9,12,23-25H,3-5,7H2,1-2H3,(H,20,26)(H,21,22). The van der Waals surface area contributed by atoms with Crippen molar-refractivity contribution < 1.29 is 28.5 Å². The van der Waals surface area contributed by atoms with Crippen LogP contribution in [0.5, 0.6) is 17.2 Å². The van der Waals surface area contributed by atoms with Crippen LogP contribution >= 0.6 is 11.3 Å². The van der Waals surface area contributed by atoms with Crippen LogP contribution < -0.4 is 10.0 Å². The Bertz CT molecular complexity index is 1080. The van der Waals surface area contributed by atoms with Crippen LogP contribution in [0.2, 0.25) is 0 Å². The van der Waals surface area contributed by atoms with Gasteiger partial charge in [-0.05, 0) is 18.9 Å². The number of anilines is 1. The van der Waals surface area contributed by atoms with E-state index in [2.05, 4.69) is 15.0 Å². The molecular formula is C18H22N4O6S2. The normalized spacial score (nSPS) is 12.2. The Labute approximate surface area is 177 Å². The van der Waals surface area contributed by atoms with E-state index in [-0.39, 0.29) is 28.4 Å². The highest BCUT2D eigenvalue weighted by molar-refractivity contribution is 7.92. The van der Waals surface area contributed by atoms with E-state index in [1.165, 1.54) is 11.4 Å². The summed E-state index contributed by atoms with van der Waals surface area (Å²) in [5.41, 5.74) is 0.0287. The number of amides is 1. The first-order chi connectivity index (χ1) is 14.1. The molecule has 0 saturated heterocycles. The highest BCUT2D eigenvalue weighted by Gasteiger charge is 2.22. The highest BCUT2D eigenvalue weighted by atomic mass is 32.2. The van der Waals surface area contributed by atoms with Crippen LogP contribution in [0.25, 0.3) is 0 Å². The van der Waals surface area contributed by atoms with Gasteiger partial charge in [0.05, 0.1) is 11.8 Å². The van der Waals surface area contributed by atoms with Crippen molar-refractivity contribution in [1.29, 1.82) is 5.26 Å². The summed E-state index contributed by atoms with van der Waals surface area (Å²) in [6.45, 7) is 1.97. The second kappa shape index (κ2) is 9.64. The molecule has 0 aliphatic carbocycles. The molecular weight excluding hydrogens is 432 g/mol. The van der Waals surface area contributed by atoms with Gasteiger partial charge in [-0.15, -0.1) is 11.3 Å². The Morgan fingerprint density at radius 2 is 2.00 bits per heavy atom. The van der Waals surface area contributed by atoms with Gasteiger partial charge in [-0.25, -0.2) is 13.4 Å². The molecule has 2 aromatic rings. The number of hydrogen-bond donors (Lipinski definition) is 5. The number of carbonyl (C=O) groups is 1. The summed E-state index contributed by atoms with van der Waals surface area (Å²) in [6, 6.07) is 2.53. The maximum absolute atomic E-state index is 12.6. The van der Waals surface area contributed by atoms with Crippen LogP contribution in [0.4, 0.5) is 5.13 Å². The van der Waals surface area contributed by atoms with Gasteiger partial charge in [-0.3, -0.25) is 9.52 Å². The number of rotatable bonds is 9. The van der Waals surface area contributed by atoms with Crippen LogP contribution in [0, 0.1) is 11.3 Å². The number of phenols is 3. The molecule has 1 unspecified atom stereocenters. The van der Waals surface area contributed by atoms with Crippen molar-refractivity contribution in [3.8, 4) is 23.3 Å². The molecule has 12 heteroatoms. The fraction of sp³-hybridized carbons (Fsp3) is 0.389. The molecule has 1 aromatic heterocycles. The summed E-state index contributed by atoms with van der Waals surface area (Å²) in [6.07, 6.45) is 3.23. The largest absolute Gasteiger partial charge is 0.504 e. The molecule has 10 nitrogen and oxygen atoms in total. The molecule has 30 heavy (non-hydrogen) atoms. The first kappa shape index (κ1) is 23.2. The highest BCUT2D eigenvalue weighted by Crippen LogP contribution is 2.40. The summed E-state index contributed by atoms with van der Waals surface area (Å²) in [7, 11) is -3.52. The van der Waals surface area contributed by atoms with Gasteiger partial charge in [0.1, 0.15) is 11.8 Å². The summed E-state index contributed by atoms with van der Waals surface area (Å²) >= 11 is 0.966. The summed E-state index contributed by atoms with van der Waals surface area (Å²) in [4.78, 5) is 16.5. The lowest BCUT2D eigenvalue weighted by Crippen LogP contribution is -2.36. The number of nitrogens with one attached hydrogen (secondary N) is 2.